The molecule has 2 amide bonds. The summed E-state index contributed by atoms with van der Waals surface area (Å²) in [5, 5.41) is 9.43. The SMILES string of the molecule is COCN1C(=O)N(C(C)O)C(C)C1C. The quantitative estimate of drug-likeness (QED) is 0.722. The Morgan fingerprint density at radius 2 is 2.07 bits per heavy atom. The molecule has 0 aromatic rings. The van der Waals surface area contributed by atoms with Crippen molar-refractivity contribution in [3.8, 4) is 0 Å². The van der Waals surface area contributed by atoms with Crippen LogP contribution in [0.1, 0.15) is 20.8 Å². The molecule has 1 rings (SSSR count). The molecule has 0 aromatic carbocycles. The Kier molecular flexibility index (Phi) is 3.34. The fraction of sp³-hybridized carbons (Fsp3) is 0.889. The summed E-state index contributed by atoms with van der Waals surface area (Å²) in [7, 11) is 1.55. The zero-order valence-corrected chi connectivity index (χ0v) is 9.10. The number of hydrogen-bond donors (Lipinski definition) is 1. The second-order valence-electron chi connectivity index (χ2n) is 3.69. The highest BCUT2D eigenvalue weighted by atomic mass is 16.5. The average molecular weight is 202 g/mol. The van der Waals surface area contributed by atoms with Gasteiger partial charge < -0.3 is 9.84 Å². The first-order valence-electron chi connectivity index (χ1n) is 4.76. The lowest BCUT2D eigenvalue weighted by atomic mass is 10.2. The van der Waals surface area contributed by atoms with Crippen molar-refractivity contribution in [1.82, 2.24) is 9.80 Å². The van der Waals surface area contributed by atoms with E-state index in [9.17, 15) is 9.90 Å². The van der Waals surface area contributed by atoms with Gasteiger partial charge >= 0.3 is 6.03 Å². The van der Waals surface area contributed by atoms with Crippen LogP contribution in [0.25, 0.3) is 0 Å². The third-order valence-electron chi connectivity index (χ3n) is 2.77. The Bertz CT molecular complexity index is 220. The molecule has 5 heteroatoms. The number of ether oxygens (including phenoxy) is 1. The highest BCUT2D eigenvalue weighted by Gasteiger charge is 2.42. The van der Waals surface area contributed by atoms with Crippen molar-refractivity contribution in [2.24, 2.45) is 0 Å². The maximum absolute atomic E-state index is 11.8. The van der Waals surface area contributed by atoms with Crippen LogP contribution in [-0.2, 0) is 4.74 Å². The minimum absolute atomic E-state index is 0.0117. The summed E-state index contributed by atoms with van der Waals surface area (Å²) >= 11 is 0. The number of aliphatic hydroxyl groups is 1. The molecule has 1 fully saturated rings. The van der Waals surface area contributed by atoms with Gasteiger partial charge in [0.1, 0.15) is 13.0 Å². The van der Waals surface area contributed by atoms with E-state index in [0.717, 1.165) is 0 Å². The zero-order valence-electron chi connectivity index (χ0n) is 9.10. The van der Waals surface area contributed by atoms with Gasteiger partial charge in [0.2, 0.25) is 0 Å². The summed E-state index contributed by atoms with van der Waals surface area (Å²) < 4.78 is 4.94. The van der Waals surface area contributed by atoms with Gasteiger partial charge in [0.25, 0.3) is 0 Å². The topological polar surface area (TPSA) is 53.0 Å². The Morgan fingerprint density at radius 1 is 1.50 bits per heavy atom. The third kappa shape index (κ3) is 1.69. The minimum Gasteiger partial charge on any atom is -0.374 e. The maximum atomic E-state index is 11.8. The Labute approximate surface area is 84.2 Å². The number of nitrogens with zero attached hydrogens (tertiary/aromatic N) is 2. The van der Waals surface area contributed by atoms with E-state index in [1.54, 1.807) is 18.9 Å². The summed E-state index contributed by atoms with van der Waals surface area (Å²) in [4.78, 5) is 14.8. The molecule has 0 radical (unpaired) electrons. The van der Waals surface area contributed by atoms with Gasteiger partial charge in [-0.05, 0) is 20.8 Å². The van der Waals surface area contributed by atoms with Crippen LogP contribution in [0, 0.1) is 0 Å². The number of rotatable bonds is 3. The standard InChI is InChI=1S/C9H18N2O3/c1-6-7(2)11(8(3)12)9(13)10(6)5-14-4/h6-8,12H,5H2,1-4H3. The average Bonchev–Trinajstić information content (AvgIpc) is 2.30. The predicted molar refractivity (Wildman–Crippen MR) is 51.6 cm³/mol. The molecule has 82 valence electrons. The molecule has 14 heavy (non-hydrogen) atoms. The summed E-state index contributed by atoms with van der Waals surface area (Å²) in [5.74, 6) is 0. The smallest absolute Gasteiger partial charge is 0.324 e. The molecule has 1 N–H and O–H groups in total. The monoisotopic (exact) mass is 202 g/mol. The van der Waals surface area contributed by atoms with Gasteiger partial charge in [0.15, 0.2) is 0 Å². The predicted octanol–water partition coefficient (Wildman–Crippen LogP) is 0.443. The molecule has 0 aromatic heterocycles. The molecule has 1 saturated heterocycles. The number of hydrogen-bond acceptors (Lipinski definition) is 3. The number of urea groups is 1. The van der Waals surface area contributed by atoms with Gasteiger partial charge in [-0.3, -0.25) is 9.80 Å². The van der Waals surface area contributed by atoms with Gasteiger partial charge in [-0.1, -0.05) is 0 Å². The lowest BCUT2D eigenvalue weighted by Crippen LogP contribution is -2.40. The van der Waals surface area contributed by atoms with Crippen molar-refractivity contribution in [2.75, 3.05) is 13.8 Å². The van der Waals surface area contributed by atoms with Crippen molar-refractivity contribution in [3.05, 3.63) is 0 Å². The number of amides is 2. The molecule has 0 saturated carbocycles. The van der Waals surface area contributed by atoms with E-state index in [1.807, 2.05) is 13.8 Å². The van der Waals surface area contributed by atoms with Crippen molar-refractivity contribution >= 4 is 6.03 Å². The maximum Gasteiger partial charge on any atom is 0.324 e. The highest BCUT2D eigenvalue weighted by molar-refractivity contribution is 5.77. The lowest BCUT2D eigenvalue weighted by Gasteiger charge is -2.23. The van der Waals surface area contributed by atoms with Gasteiger partial charge in [0.05, 0.1) is 12.1 Å². The molecule has 0 aliphatic carbocycles. The molecule has 5 nitrogen and oxygen atoms in total. The van der Waals surface area contributed by atoms with E-state index >= 15 is 0 Å². The molecule has 1 aliphatic heterocycles. The van der Waals surface area contributed by atoms with Crippen LogP contribution in [0.3, 0.4) is 0 Å². The van der Waals surface area contributed by atoms with Gasteiger partial charge in [-0.15, -0.1) is 0 Å². The molecule has 3 unspecified atom stereocenters. The molecule has 1 aliphatic rings. The first-order valence-corrected chi connectivity index (χ1v) is 4.76. The Morgan fingerprint density at radius 3 is 2.43 bits per heavy atom. The van der Waals surface area contributed by atoms with Crippen LogP contribution in [0.5, 0.6) is 0 Å². The summed E-state index contributed by atoms with van der Waals surface area (Å²) in [6, 6.07) is -0.0865. The van der Waals surface area contributed by atoms with E-state index in [4.69, 9.17) is 4.74 Å². The van der Waals surface area contributed by atoms with Crippen molar-refractivity contribution in [1.29, 1.82) is 0 Å². The molecule has 1 heterocycles. The summed E-state index contributed by atoms with van der Waals surface area (Å²) in [6.07, 6.45) is -0.748. The molecule has 0 bridgehead atoms. The van der Waals surface area contributed by atoms with Gasteiger partial charge in [0, 0.05) is 7.11 Å². The minimum atomic E-state index is -0.748. The van der Waals surface area contributed by atoms with E-state index in [-0.39, 0.29) is 24.8 Å². The largest absolute Gasteiger partial charge is 0.374 e. The van der Waals surface area contributed by atoms with Gasteiger partial charge in [-0.2, -0.15) is 0 Å². The van der Waals surface area contributed by atoms with E-state index in [1.165, 1.54) is 4.90 Å². The number of carbonyl (C=O) groups excluding carboxylic acids is 1. The fourth-order valence-electron chi connectivity index (χ4n) is 1.80. The van der Waals surface area contributed by atoms with Crippen LogP contribution in [0.15, 0.2) is 0 Å². The van der Waals surface area contributed by atoms with E-state index in [0.29, 0.717) is 0 Å². The third-order valence-corrected chi connectivity index (χ3v) is 2.77. The molecule has 3 atom stereocenters. The lowest BCUT2D eigenvalue weighted by molar-refractivity contribution is 0.0355. The van der Waals surface area contributed by atoms with Crippen molar-refractivity contribution < 1.29 is 14.6 Å². The van der Waals surface area contributed by atoms with Crippen LogP contribution in [0.2, 0.25) is 0 Å². The normalized spacial score (nSPS) is 29.9. The first-order chi connectivity index (χ1) is 6.50. The van der Waals surface area contributed by atoms with Crippen LogP contribution in [0.4, 0.5) is 4.79 Å². The second-order valence-corrected chi connectivity index (χ2v) is 3.69. The highest BCUT2D eigenvalue weighted by Crippen LogP contribution is 2.23. The van der Waals surface area contributed by atoms with Crippen LogP contribution < -0.4 is 0 Å². The first kappa shape index (κ1) is 11.3. The van der Waals surface area contributed by atoms with Crippen LogP contribution >= 0.6 is 0 Å². The fourth-order valence-corrected chi connectivity index (χ4v) is 1.80. The van der Waals surface area contributed by atoms with E-state index < -0.39 is 6.23 Å². The number of methoxy groups -OCH3 is 1. The second kappa shape index (κ2) is 4.14. The van der Waals surface area contributed by atoms with Crippen molar-refractivity contribution in [3.63, 3.8) is 0 Å². The Balaban J connectivity index is 2.79. The van der Waals surface area contributed by atoms with Crippen molar-refractivity contribution in [2.45, 2.75) is 39.1 Å². The van der Waals surface area contributed by atoms with E-state index in [2.05, 4.69) is 0 Å². The molecular weight excluding hydrogens is 184 g/mol. The molecule has 0 spiro atoms. The summed E-state index contributed by atoms with van der Waals surface area (Å²) in [6.45, 7) is 5.74. The number of aliphatic hydroxyl groups excluding tert-OH is 1. The van der Waals surface area contributed by atoms with Crippen LogP contribution in [-0.4, -0.2) is 53.1 Å². The molecular formula is C9H18N2O3. The number of carbonyl (C=O) groups is 1. The van der Waals surface area contributed by atoms with Gasteiger partial charge in [-0.25, -0.2) is 4.79 Å². The summed E-state index contributed by atoms with van der Waals surface area (Å²) in [5.41, 5.74) is 0. The zero-order chi connectivity index (χ0) is 10.9. The Hall–Kier alpha value is -0.810.